The topological polar surface area (TPSA) is 47.9 Å². The minimum absolute atomic E-state index is 0.354. The lowest BCUT2D eigenvalue weighted by atomic mass is 9.53. The molecule has 0 unspecified atom stereocenters. The second kappa shape index (κ2) is 5.46. The van der Waals surface area contributed by atoms with Crippen molar-refractivity contribution in [1.82, 2.24) is 0 Å². The second-order valence-corrected chi connectivity index (χ2v) is 9.57. The first-order valence-corrected chi connectivity index (χ1v) is 10.5. The molecule has 6 aliphatic rings. The summed E-state index contributed by atoms with van der Waals surface area (Å²) in [5.74, 6) is 2.68. The van der Waals surface area contributed by atoms with Crippen molar-refractivity contribution in [1.29, 1.82) is 0 Å². The molecule has 5 saturated carbocycles. The number of hydrogen-bond acceptors (Lipinski definition) is 4. The fraction of sp³-hybridized carbons (Fsp3) is 0.727. The SMILES string of the molecule is Oc1cccc([C@H]2CC[C@]3(CC2)OO[C@]2(O3)C3CC4CC(C3)CC2C4)c1. The maximum atomic E-state index is 9.76. The molecule has 140 valence electrons. The number of benzene rings is 1. The third-order valence-corrected chi connectivity index (χ3v) is 8.03. The van der Waals surface area contributed by atoms with Gasteiger partial charge in [-0.2, -0.15) is 9.78 Å². The number of phenolic OH excluding ortho intramolecular Hbond substituents is 1. The van der Waals surface area contributed by atoms with Crippen molar-refractivity contribution >= 4 is 0 Å². The molecule has 0 aromatic heterocycles. The minimum Gasteiger partial charge on any atom is -0.508 e. The van der Waals surface area contributed by atoms with E-state index >= 15 is 0 Å². The number of phenols is 1. The van der Waals surface area contributed by atoms with Crippen LogP contribution in [-0.4, -0.2) is 16.7 Å². The van der Waals surface area contributed by atoms with Crippen molar-refractivity contribution in [2.45, 2.75) is 75.3 Å². The van der Waals surface area contributed by atoms with Gasteiger partial charge in [0, 0.05) is 24.7 Å². The van der Waals surface area contributed by atoms with E-state index in [-0.39, 0.29) is 0 Å². The van der Waals surface area contributed by atoms with Crippen LogP contribution in [0.15, 0.2) is 24.3 Å². The van der Waals surface area contributed by atoms with Crippen molar-refractivity contribution < 1.29 is 19.6 Å². The zero-order valence-corrected chi connectivity index (χ0v) is 15.2. The van der Waals surface area contributed by atoms with Crippen molar-refractivity contribution in [2.24, 2.45) is 23.7 Å². The Morgan fingerprint density at radius 2 is 1.58 bits per heavy atom. The third kappa shape index (κ3) is 2.25. The zero-order chi connectivity index (χ0) is 17.4. The van der Waals surface area contributed by atoms with Gasteiger partial charge >= 0.3 is 0 Å². The minimum atomic E-state index is -0.539. The van der Waals surface area contributed by atoms with Crippen molar-refractivity contribution in [3.8, 4) is 5.75 Å². The predicted molar refractivity (Wildman–Crippen MR) is 95.1 cm³/mol. The van der Waals surface area contributed by atoms with E-state index in [4.69, 9.17) is 14.5 Å². The monoisotopic (exact) mass is 356 g/mol. The number of rotatable bonds is 1. The maximum absolute atomic E-state index is 9.76. The highest BCUT2D eigenvalue weighted by Gasteiger charge is 2.66. The van der Waals surface area contributed by atoms with Crippen LogP contribution >= 0.6 is 0 Å². The Hall–Kier alpha value is -1.10. The van der Waals surface area contributed by atoms with E-state index in [1.807, 2.05) is 12.1 Å². The van der Waals surface area contributed by atoms with Crippen molar-refractivity contribution in [3.05, 3.63) is 29.8 Å². The molecule has 1 saturated heterocycles. The average molecular weight is 356 g/mol. The van der Waals surface area contributed by atoms with E-state index in [0.29, 0.717) is 23.5 Å². The summed E-state index contributed by atoms with van der Waals surface area (Å²) in [6.07, 6.45) is 10.3. The molecule has 4 heteroatoms. The molecule has 4 nitrogen and oxygen atoms in total. The lowest BCUT2D eigenvalue weighted by Crippen LogP contribution is -2.59. The summed E-state index contributed by atoms with van der Waals surface area (Å²) in [7, 11) is 0. The van der Waals surface area contributed by atoms with Gasteiger partial charge in [0.1, 0.15) is 5.75 Å². The number of hydrogen-bond donors (Lipinski definition) is 1. The number of ether oxygens (including phenoxy) is 1. The summed E-state index contributed by atoms with van der Waals surface area (Å²) in [4.78, 5) is 12.1. The molecule has 26 heavy (non-hydrogen) atoms. The van der Waals surface area contributed by atoms with Crippen LogP contribution in [0.25, 0.3) is 0 Å². The first-order valence-electron chi connectivity index (χ1n) is 10.5. The van der Waals surface area contributed by atoms with Gasteiger partial charge in [0.2, 0.25) is 11.6 Å². The third-order valence-electron chi connectivity index (χ3n) is 8.03. The van der Waals surface area contributed by atoms with E-state index in [1.165, 1.54) is 37.7 Å². The van der Waals surface area contributed by atoms with E-state index in [0.717, 1.165) is 37.5 Å². The van der Waals surface area contributed by atoms with Gasteiger partial charge in [-0.15, -0.1) is 0 Å². The average Bonchev–Trinajstić information content (AvgIpc) is 3.00. The normalized spacial score (nSPS) is 49.3. The molecule has 0 atom stereocenters. The van der Waals surface area contributed by atoms with Crippen molar-refractivity contribution in [2.75, 3.05) is 0 Å². The Morgan fingerprint density at radius 1 is 0.885 bits per heavy atom. The van der Waals surface area contributed by atoms with E-state index in [2.05, 4.69) is 6.07 Å². The van der Waals surface area contributed by atoms with E-state index in [9.17, 15) is 5.11 Å². The lowest BCUT2D eigenvalue weighted by Gasteiger charge is -2.57. The summed E-state index contributed by atoms with van der Waals surface area (Å²) in [5, 5.41) is 9.76. The molecule has 1 heterocycles. The molecular weight excluding hydrogens is 328 g/mol. The molecule has 6 fully saturated rings. The van der Waals surface area contributed by atoms with E-state index < -0.39 is 11.6 Å². The predicted octanol–water partition coefficient (Wildman–Crippen LogP) is 4.88. The Kier molecular flexibility index (Phi) is 3.34. The van der Waals surface area contributed by atoms with Gasteiger partial charge in [0.15, 0.2) is 0 Å². The lowest BCUT2D eigenvalue weighted by molar-refractivity contribution is -0.390. The molecule has 0 amide bonds. The van der Waals surface area contributed by atoms with Gasteiger partial charge in [0.25, 0.3) is 0 Å². The van der Waals surface area contributed by atoms with E-state index in [1.54, 1.807) is 6.07 Å². The van der Waals surface area contributed by atoms with Crippen LogP contribution in [0.5, 0.6) is 5.75 Å². The van der Waals surface area contributed by atoms with Gasteiger partial charge in [-0.3, -0.25) is 0 Å². The molecule has 2 spiro atoms. The largest absolute Gasteiger partial charge is 0.508 e. The summed E-state index contributed by atoms with van der Waals surface area (Å²) in [6, 6.07) is 7.69. The van der Waals surface area contributed by atoms with Gasteiger partial charge in [0.05, 0.1) is 0 Å². The van der Waals surface area contributed by atoms with Crippen LogP contribution in [-0.2, 0) is 14.5 Å². The van der Waals surface area contributed by atoms with Gasteiger partial charge < -0.3 is 9.84 Å². The highest BCUT2D eigenvalue weighted by atomic mass is 17.3. The zero-order valence-electron chi connectivity index (χ0n) is 15.2. The Labute approximate surface area is 154 Å². The molecule has 1 aromatic rings. The second-order valence-electron chi connectivity index (χ2n) is 9.57. The van der Waals surface area contributed by atoms with Crippen LogP contribution in [0.3, 0.4) is 0 Å². The van der Waals surface area contributed by atoms with Crippen molar-refractivity contribution in [3.63, 3.8) is 0 Å². The quantitative estimate of drug-likeness (QED) is 0.729. The maximum Gasteiger partial charge on any atom is 0.210 e. The summed E-state index contributed by atoms with van der Waals surface area (Å²) in [5.41, 5.74) is 1.23. The van der Waals surface area contributed by atoms with Gasteiger partial charge in [-0.1, -0.05) is 12.1 Å². The molecule has 5 aliphatic carbocycles. The molecule has 1 N–H and O–H groups in total. The Morgan fingerprint density at radius 3 is 2.23 bits per heavy atom. The standard InChI is InChI=1S/C22H28O4/c23-20-3-1-2-17(13-20)16-4-6-21(7-5-16)24-22(26-25-21)18-9-14-8-15(11-18)12-19(22)10-14/h1-3,13-16,18-19,23H,4-12H2/t14?,15?,16-,18?,19?,21+,22-. The highest BCUT2D eigenvalue weighted by Crippen LogP contribution is 2.64. The summed E-state index contributed by atoms with van der Waals surface area (Å²) < 4.78 is 6.77. The molecule has 0 radical (unpaired) electrons. The fourth-order valence-electron chi connectivity index (χ4n) is 6.96. The Balaban J connectivity index is 1.19. The molecule has 4 bridgehead atoms. The van der Waals surface area contributed by atoms with Crippen LogP contribution in [0.4, 0.5) is 0 Å². The van der Waals surface area contributed by atoms with Crippen LogP contribution in [0.1, 0.15) is 69.3 Å². The van der Waals surface area contributed by atoms with Crippen LogP contribution in [0, 0.1) is 23.7 Å². The smallest absolute Gasteiger partial charge is 0.210 e. The number of aromatic hydroxyl groups is 1. The Bertz CT molecular complexity index is 678. The molecule has 7 rings (SSSR count). The fourth-order valence-corrected chi connectivity index (χ4v) is 6.96. The molecular formula is C22H28O4. The van der Waals surface area contributed by atoms with Gasteiger partial charge in [-0.25, -0.2) is 0 Å². The van der Waals surface area contributed by atoms with Crippen LogP contribution < -0.4 is 0 Å². The summed E-state index contributed by atoms with van der Waals surface area (Å²) in [6.45, 7) is 0. The highest BCUT2D eigenvalue weighted by molar-refractivity contribution is 5.30. The van der Waals surface area contributed by atoms with Crippen LogP contribution in [0.2, 0.25) is 0 Å². The first-order chi connectivity index (χ1) is 12.6. The molecule has 1 aliphatic heterocycles. The van der Waals surface area contributed by atoms with Gasteiger partial charge in [-0.05, 0) is 80.4 Å². The molecule has 1 aromatic carbocycles. The summed E-state index contributed by atoms with van der Waals surface area (Å²) >= 11 is 0. The first kappa shape index (κ1) is 15.9.